The van der Waals surface area contributed by atoms with E-state index in [0.29, 0.717) is 10.1 Å². The molecule has 7 heteroatoms. The van der Waals surface area contributed by atoms with Crippen molar-refractivity contribution >= 4 is 34.6 Å². The largest absolute Gasteiger partial charge is 0.351 e. The van der Waals surface area contributed by atoms with Crippen molar-refractivity contribution in [2.45, 2.75) is 25.9 Å². The van der Waals surface area contributed by atoms with Crippen LogP contribution in [0.4, 0.5) is 5.69 Å². The molecule has 0 amide bonds. The van der Waals surface area contributed by atoms with E-state index in [-0.39, 0.29) is 12.1 Å². The minimum Gasteiger partial charge on any atom is -0.351 e. The molecule has 0 bridgehead atoms. The van der Waals surface area contributed by atoms with E-state index in [9.17, 15) is 0 Å². The van der Waals surface area contributed by atoms with Crippen LogP contribution in [0.2, 0.25) is 5.02 Å². The summed E-state index contributed by atoms with van der Waals surface area (Å²) < 4.78 is 2.24. The number of nitrogens with one attached hydrogen (secondary N) is 1. The lowest BCUT2D eigenvalue weighted by atomic mass is 9.96. The Hall–Kier alpha value is -3.22. The van der Waals surface area contributed by atoms with Crippen LogP contribution in [0.1, 0.15) is 34.7 Å². The van der Waals surface area contributed by atoms with E-state index in [2.05, 4.69) is 50.7 Å². The van der Waals surface area contributed by atoms with E-state index in [1.807, 2.05) is 60.9 Å². The van der Waals surface area contributed by atoms with Crippen LogP contribution < -0.4 is 10.2 Å². The maximum Gasteiger partial charge on any atom is 0.174 e. The Labute approximate surface area is 197 Å². The third-order valence-electron chi connectivity index (χ3n) is 5.90. The fourth-order valence-corrected chi connectivity index (χ4v) is 4.99. The highest BCUT2D eigenvalue weighted by molar-refractivity contribution is 7.80. The van der Waals surface area contributed by atoms with Gasteiger partial charge in [-0.1, -0.05) is 17.7 Å². The maximum absolute atomic E-state index is 6.16. The number of thiocarbonyl (C=S) groups is 1. The normalized spacial score (nSPS) is 18.1. The van der Waals surface area contributed by atoms with Crippen LogP contribution in [0.15, 0.2) is 79.3 Å². The van der Waals surface area contributed by atoms with Gasteiger partial charge in [0.25, 0.3) is 0 Å². The van der Waals surface area contributed by atoms with Gasteiger partial charge in [0.1, 0.15) is 0 Å². The lowest BCUT2D eigenvalue weighted by Gasteiger charge is -2.28. The molecule has 0 unspecified atom stereocenters. The highest BCUT2D eigenvalue weighted by Gasteiger charge is 2.42. The highest BCUT2D eigenvalue weighted by atomic mass is 35.5. The van der Waals surface area contributed by atoms with Gasteiger partial charge in [0.05, 0.1) is 29.7 Å². The first kappa shape index (κ1) is 20.7. The molecule has 1 aliphatic rings. The minimum atomic E-state index is -0.0952. The third-order valence-corrected chi connectivity index (χ3v) is 6.46. The molecule has 0 radical (unpaired) electrons. The van der Waals surface area contributed by atoms with Crippen molar-refractivity contribution in [3.05, 3.63) is 107 Å². The van der Waals surface area contributed by atoms with Crippen LogP contribution in [0.25, 0.3) is 5.69 Å². The number of aromatic nitrogens is 3. The van der Waals surface area contributed by atoms with Gasteiger partial charge in [0.15, 0.2) is 5.11 Å². The zero-order chi connectivity index (χ0) is 22.2. The molecule has 0 spiro atoms. The first-order valence-electron chi connectivity index (χ1n) is 10.4. The van der Waals surface area contributed by atoms with Crippen molar-refractivity contribution in [2.24, 2.45) is 0 Å². The fourth-order valence-electron chi connectivity index (χ4n) is 4.52. The summed E-state index contributed by atoms with van der Waals surface area (Å²) in [5.41, 5.74) is 6.44. The van der Waals surface area contributed by atoms with Gasteiger partial charge in [-0.05, 0) is 86.2 Å². The molecule has 2 atom stereocenters. The number of hydrogen-bond acceptors (Lipinski definition) is 3. The fraction of sp³-hybridized carbons (Fsp3) is 0.160. The topological polar surface area (TPSA) is 46.0 Å². The van der Waals surface area contributed by atoms with Crippen LogP contribution in [0.3, 0.4) is 0 Å². The number of benzene rings is 1. The summed E-state index contributed by atoms with van der Waals surface area (Å²) in [7, 11) is 0. The van der Waals surface area contributed by atoms with E-state index in [1.165, 1.54) is 5.56 Å². The minimum absolute atomic E-state index is 0.0739. The molecular formula is C25H22ClN5S. The first-order valence-corrected chi connectivity index (χ1v) is 11.2. The Kier molecular flexibility index (Phi) is 5.41. The first-order chi connectivity index (χ1) is 15.5. The number of anilines is 1. The van der Waals surface area contributed by atoms with Crippen LogP contribution in [0, 0.1) is 13.8 Å². The lowest BCUT2D eigenvalue weighted by molar-refractivity contribution is 0.565. The molecule has 0 aliphatic carbocycles. The van der Waals surface area contributed by atoms with E-state index >= 15 is 0 Å². The van der Waals surface area contributed by atoms with Gasteiger partial charge >= 0.3 is 0 Å². The predicted octanol–water partition coefficient (Wildman–Crippen LogP) is 5.71. The number of halogens is 1. The molecule has 3 aromatic heterocycles. The smallest absolute Gasteiger partial charge is 0.174 e. The Bertz CT molecular complexity index is 1260. The predicted molar refractivity (Wildman–Crippen MR) is 132 cm³/mol. The summed E-state index contributed by atoms with van der Waals surface area (Å²) in [4.78, 5) is 11.1. The molecule has 5 nitrogen and oxygen atoms in total. The molecular weight excluding hydrogens is 438 g/mol. The van der Waals surface area contributed by atoms with Crippen LogP contribution in [0.5, 0.6) is 0 Å². The molecule has 4 aromatic rings. The van der Waals surface area contributed by atoms with Crippen molar-refractivity contribution < 1.29 is 0 Å². The summed E-state index contributed by atoms with van der Waals surface area (Å²) in [6.45, 7) is 4.26. The second kappa shape index (κ2) is 8.37. The third kappa shape index (κ3) is 3.55. The quantitative estimate of drug-likeness (QED) is 0.396. The average Bonchev–Trinajstić information content (AvgIpc) is 3.31. The number of pyridine rings is 2. The summed E-state index contributed by atoms with van der Waals surface area (Å²) in [5.74, 6) is 0. The van der Waals surface area contributed by atoms with E-state index in [1.54, 1.807) is 6.20 Å². The molecule has 0 saturated carbocycles. The molecule has 1 aromatic carbocycles. The van der Waals surface area contributed by atoms with Crippen molar-refractivity contribution in [3.8, 4) is 5.69 Å². The standard InChI is InChI=1S/C25H22ClN5S/c1-16-14-21(17(2)30(16)20-6-5-12-27-15-20)24-23(22-7-3-4-13-28-22)29-25(32)31(24)19-10-8-18(26)9-11-19/h3-15,23-24H,1-2H3,(H,29,32)/t23-,24-/m0/s1. The Morgan fingerprint density at radius 1 is 0.969 bits per heavy atom. The Morgan fingerprint density at radius 2 is 1.78 bits per heavy atom. The second-order valence-corrected chi connectivity index (χ2v) is 8.67. The monoisotopic (exact) mass is 459 g/mol. The molecule has 160 valence electrons. The number of nitrogens with zero attached hydrogens (tertiary/aromatic N) is 4. The van der Waals surface area contributed by atoms with Crippen molar-refractivity contribution in [3.63, 3.8) is 0 Å². The molecule has 4 heterocycles. The zero-order valence-corrected chi connectivity index (χ0v) is 19.3. The van der Waals surface area contributed by atoms with Crippen molar-refractivity contribution in [1.29, 1.82) is 0 Å². The van der Waals surface area contributed by atoms with Crippen LogP contribution in [-0.2, 0) is 0 Å². The van der Waals surface area contributed by atoms with Crippen molar-refractivity contribution in [1.82, 2.24) is 19.9 Å². The SMILES string of the molecule is Cc1cc([C@H]2[C@H](c3ccccn3)NC(=S)N2c2ccc(Cl)cc2)c(C)n1-c1cccnc1. The maximum atomic E-state index is 6.16. The highest BCUT2D eigenvalue weighted by Crippen LogP contribution is 2.43. The molecule has 1 fully saturated rings. The lowest BCUT2D eigenvalue weighted by Crippen LogP contribution is -2.29. The summed E-state index contributed by atoms with van der Waals surface area (Å²) in [6, 6.07) is 19.9. The zero-order valence-electron chi connectivity index (χ0n) is 17.7. The van der Waals surface area contributed by atoms with Gasteiger partial charge in [-0.2, -0.15) is 0 Å². The van der Waals surface area contributed by atoms with Gasteiger partial charge in [-0.3, -0.25) is 9.97 Å². The van der Waals surface area contributed by atoms with Gasteiger partial charge in [-0.25, -0.2) is 0 Å². The average molecular weight is 460 g/mol. The van der Waals surface area contributed by atoms with Crippen molar-refractivity contribution in [2.75, 3.05) is 4.90 Å². The van der Waals surface area contributed by atoms with E-state index < -0.39 is 0 Å². The second-order valence-electron chi connectivity index (χ2n) is 7.85. The molecule has 1 saturated heterocycles. The molecule has 1 N–H and O–H groups in total. The van der Waals surface area contributed by atoms with Crippen LogP contribution >= 0.6 is 23.8 Å². The van der Waals surface area contributed by atoms with Gasteiger partial charge in [-0.15, -0.1) is 0 Å². The summed E-state index contributed by atoms with van der Waals surface area (Å²) >= 11 is 12.0. The number of rotatable bonds is 4. The summed E-state index contributed by atoms with van der Waals surface area (Å²) in [5, 5.41) is 4.88. The molecule has 32 heavy (non-hydrogen) atoms. The van der Waals surface area contributed by atoms with Gasteiger partial charge in [0.2, 0.25) is 0 Å². The summed E-state index contributed by atoms with van der Waals surface area (Å²) in [6.07, 6.45) is 5.49. The molecule has 1 aliphatic heterocycles. The Balaban J connectivity index is 1.68. The van der Waals surface area contributed by atoms with Gasteiger partial charge < -0.3 is 14.8 Å². The molecule has 5 rings (SSSR count). The van der Waals surface area contributed by atoms with Gasteiger partial charge in [0, 0.05) is 34.5 Å². The van der Waals surface area contributed by atoms with Crippen LogP contribution in [-0.4, -0.2) is 19.6 Å². The number of hydrogen-bond donors (Lipinski definition) is 1. The van der Waals surface area contributed by atoms with E-state index in [0.717, 1.165) is 28.5 Å². The Morgan fingerprint density at radius 3 is 2.47 bits per heavy atom. The van der Waals surface area contributed by atoms with E-state index in [4.69, 9.17) is 23.8 Å². The number of aryl methyl sites for hydroxylation is 1.